The van der Waals surface area contributed by atoms with Crippen LogP contribution in [0.4, 0.5) is 11.8 Å². The predicted octanol–water partition coefficient (Wildman–Crippen LogP) is 4.05. The number of ether oxygens (including phenoxy) is 2. The zero-order valence-electron chi connectivity index (χ0n) is 16.6. The monoisotopic (exact) mass is 370 g/mol. The Labute approximate surface area is 161 Å². The number of nitrogens with one attached hydrogen (secondary N) is 1. The minimum atomic E-state index is 0.542. The van der Waals surface area contributed by atoms with Crippen LogP contribution in [0.2, 0.25) is 0 Å². The van der Waals surface area contributed by atoms with E-state index in [9.17, 15) is 0 Å². The molecule has 6 heteroatoms. The Morgan fingerprint density at radius 3 is 2.67 bits per heavy atom. The number of aryl methyl sites for hydroxylation is 1. The zero-order chi connectivity index (χ0) is 19.1. The summed E-state index contributed by atoms with van der Waals surface area (Å²) in [4.78, 5) is 11.7. The van der Waals surface area contributed by atoms with Gasteiger partial charge in [-0.2, -0.15) is 4.98 Å². The van der Waals surface area contributed by atoms with Gasteiger partial charge in [0.25, 0.3) is 0 Å². The summed E-state index contributed by atoms with van der Waals surface area (Å²) in [5.74, 6) is 3.35. The van der Waals surface area contributed by atoms with E-state index in [-0.39, 0.29) is 0 Å². The van der Waals surface area contributed by atoms with Crippen LogP contribution in [0.15, 0.2) is 30.3 Å². The van der Waals surface area contributed by atoms with Gasteiger partial charge in [0.2, 0.25) is 5.95 Å². The van der Waals surface area contributed by atoms with Crippen molar-refractivity contribution in [2.75, 3.05) is 37.0 Å². The largest absolute Gasteiger partial charge is 0.497 e. The van der Waals surface area contributed by atoms with E-state index < -0.39 is 0 Å². The molecule has 1 aromatic carbocycles. The summed E-state index contributed by atoms with van der Waals surface area (Å²) in [6.45, 7) is 6.54. The molecule has 0 saturated carbocycles. The van der Waals surface area contributed by atoms with Crippen molar-refractivity contribution < 1.29 is 9.47 Å². The average molecular weight is 370 g/mol. The second-order valence-corrected chi connectivity index (χ2v) is 6.89. The molecule has 0 bridgehead atoms. The second kappa shape index (κ2) is 9.44. The van der Waals surface area contributed by atoms with Crippen LogP contribution < -0.4 is 19.7 Å². The fourth-order valence-electron chi connectivity index (χ4n) is 3.51. The fourth-order valence-corrected chi connectivity index (χ4v) is 3.51. The normalized spacial score (nSPS) is 16.9. The molecule has 0 radical (unpaired) electrons. The number of piperidine rings is 1. The molecule has 27 heavy (non-hydrogen) atoms. The van der Waals surface area contributed by atoms with E-state index in [0.717, 1.165) is 36.0 Å². The van der Waals surface area contributed by atoms with Gasteiger partial charge >= 0.3 is 0 Å². The third kappa shape index (κ3) is 5.25. The van der Waals surface area contributed by atoms with Crippen LogP contribution in [-0.2, 0) is 0 Å². The maximum Gasteiger partial charge on any atom is 0.224 e. The highest BCUT2D eigenvalue weighted by atomic mass is 16.5. The molecule has 1 saturated heterocycles. The molecule has 2 aromatic rings. The molecule has 146 valence electrons. The van der Waals surface area contributed by atoms with Crippen LogP contribution in [0.3, 0.4) is 0 Å². The Morgan fingerprint density at radius 2 is 1.93 bits per heavy atom. The van der Waals surface area contributed by atoms with Crippen LogP contribution in [0.1, 0.15) is 38.3 Å². The van der Waals surface area contributed by atoms with E-state index in [0.29, 0.717) is 25.1 Å². The van der Waals surface area contributed by atoms with Gasteiger partial charge in [-0.05, 0) is 56.9 Å². The molecule has 1 unspecified atom stereocenters. The molecule has 2 heterocycles. The highest BCUT2D eigenvalue weighted by Crippen LogP contribution is 2.26. The SMILES string of the molecule is CCC1CCCCN1c1cc(C)nc(NCCOc2ccc(OC)cc2)n1. The Hall–Kier alpha value is -2.50. The van der Waals surface area contributed by atoms with Crippen molar-refractivity contribution >= 4 is 11.8 Å². The van der Waals surface area contributed by atoms with Crippen LogP contribution in [0, 0.1) is 6.92 Å². The van der Waals surface area contributed by atoms with Gasteiger partial charge in [-0.3, -0.25) is 0 Å². The minimum absolute atomic E-state index is 0.542. The summed E-state index contributed by atoms with van der Waals surface area (Å²) in [6, 6.07) is 10.3. The molecule has 1 aliphatic heterocycles. The van der Waals surface area contributed by atoms with Gasteiger partial charge in [0, 0.05) is 24.3 Å². The van der Waals surface area contributed by atoms with Crippen molar-refractivity contribution in [3.8, 4) is 11.5 Å². The summed E-state index contributed by atoms with van der Waals surface area (Å²) in [6.07, 6.45) is 4.95. The van der Waals surface area contributed by atoms with Gasteiger partial charge in [0.15, 0.2) is 0 Å². The number of hydrogen-bond acceptors (Lipinski definition) is 6. The third-order valence-corrected chi connectivity index (χ3v) is 4.95. The number of nitrogens with zero attached hydrogens (tertiary/aromatic N) is 3. The van der Waals surface area contributed by atoms with Gasteiger partial charge in [0.05, 0.1) is 13.7 Å². The van der Waals surface area contributed by atoms with Crippen LogP contribution in [0.25, 0.3) is 0 Å². The lowest BCUT2D eigenvalue weighted by molar-refractivity contribution is 0.331. The lowest BCUT2D eigenvalue weighted by Gasteiger charge is -2.36. The Bertz CT molecular complexity index is 721. The lowest BCUT2D eigenvalue weighted by Crippen LogP contribution is -2.39. The maximum atomic E-state index is 5.75. The van der Waals surface area contributed by atoms with E-state index in [1.54, 1.807) is 7.11 Å². The summed E-state index contributed by atoms with van der Waals surface area (Å²) >= 11 is 0. The summed E-state index contributed by atoms with van der Waals surface area (Å²) < 4.78 is 10.9. The summed E-state index contributed by atoms with van der Waals surface area (Å²) in [5.41, 5.74) is 0.985. The number of methoxy groups -OCH3 is 1. The second-order valence-electron chi connectivity index (χ2n) is 6.89. The van der Waals surface area contributed by atoms with Crippen molar-refractivity contribution in [2.45, 2.75) is 45.6 Å². The minimum Gasteiger partial charge on any atom is -0.497 e. The lowest BCUT2D eigenvalue weighted by atomic mass is 10.00. The number of rotatable bonds is 8. The molecule has 1 N–H and O–H groups in total. The molecule has 6 nitrogen and oxygen atoms in total. The number of aromatic nitrogens is 2. The molecule has 3 rings (SSSR count). The van der Waals surface area contributed by atoms with Crippen molar-refractivity contribution in [3.05, 3.63) is 36.0 Å². The fraction of sp³-hybridized carbons (Fsp3) is 0.524. The standard InChI is InChI=1S/C21H30N4O2/c1-4-17-7-5-6-13-25(17)20-15-16(2)23-21(24-20)22-12-14-27-19-10-8-18(26-3)9-11-19/h8-11,15,17H,4-7,12-14H2,1-3H3,(H,22,23,24). The third-order valence-electron chi connectivity index (χ3n) is 4.95. The highest BCUT2D eigenvalue weighted by molar-refractivity contribution is 5.46. The zero-order valence-corrected chi connectivity index (χ0v) is 16.6. The van der Waals surface area contributed by atoms with Crippen molar-refractivity contribution in [1.82, 2.24) is 9.97 Å². The number of anilines is 2. The Kier molecular flexibility index (Phi) is 6.74. The smallest absolute Gasteiger partial charge is 0.224 e. The van der Waals surface area contributed by atoms with E-state index in [1.807, 2.05) is 31.2 Å². The highest BCUT2D eigenvalue weighted by Gasteiger charge is 2.22. The summed E-state index contributed by atoms with van der Waals surface area (Å²) in [7, 11) is 1.66. The van der Waals surface area contributed by atoms with E-state index in [1.165, 1.54) is 19.3 Å². The quantitative estimate of drug-likeness (QED) is 0.707. The maximum absolute atomic E-state index is 5.75. The van der Waals surface area contributed by atoms with Crippen molar-refractivity contribution in [2.24, 2.45) is 0 Å². The molecule has 0 amide bonds. The predicted molar refractivity (Wildman–Crippen MR) is 109 cm³/mol. The Balaban J connectivity index is 1.56. The van der Waals surface area contributed by atoms with Crippen molar-refractivity contribution in [1.29, 1.82) is 0 Å². The van der Waals surface area contributed by atoms with Crippen LogP contribution in [0.5, 0.6) is 11.5 Å². The van der Waals surface area contributed by atoms with Gasteiger partial charge in [-0.1, -0.05) is 6.92 Å². The molecular weight excluding hydrogens is 340 g/mol. The molecular formula is C21H30N4O2. The molecule has 0 spiro atoms. The average Bonchev–Trinajstić information content (AvgIpc) is 2.71. The van der Waals surface area contributed by atoms with E-state index in [4.69, 9.17) is 14.5 Å². The number of benzene rings is 1. The first-order chi connectivity index (χ1) is 13.2. The molecule has 1 fully saturated rings. The topological polar surface area (TPSA) is 59.5 Å². The van der Waals surface area contributed by atoms with Crippen molar-refractivity contribution in [3.63, 3.8) is 0 Å². The number of hydrogen-bond donors (Lipinski definition) is 1. The summed E-state index contributed by atoms with van der Waals surface area (Å²) in [5, 5.41) is 3.29. The first-order valence-corrected chi connectivity index (χ1v) is 9.82. The molecule has 0 aliphatic carbocycles. The Morgan fingerprint density at radius 1 is 1.15 bits per heavy atom. The van der Waals surface area contributed by atoms with Crippen LogP contribution >= 0.6 is 0 Å². The van der Waals surface area contributed by atoms with Gasteiger partial charge < -0.3 is 19.7 Å². The van der Waals surface area contributed by atoms with Gasteiger partial charge in [-0.25, -0.2) is 4.98 Å². The molecule has 1 aromatic heterocycles. The van der Waals surface area contributed by atoms with Gasteiger partial charge in [-0.15, -0.1) is 0 Å². The molecule has 1 aliphatic rings. The van der Waals surface area contributed by atoms with Crippen LogP contribution in [-0.4, -0.2) is 42.8 Å². The first kappa shape index (κ1) is 19.3. The van der Waals surface area contributed by atoms with E-state index in [2.05, 4.69) is 28.2 Å². The van der Waals surface area contributed by atoms with Gasteiger partial charge in [0.1, 0.15) is 23.9 Å². The van der Waals surface area contributed by atoms with E-state index >= 15 is 0 Å². The molecule has 1 atom stereocenters. The first-order valence-electron chi connectivity index (χ1n) is 9.82.